The second kappa shape index (κ2) is 10.1. The van der Waals surface area contributed by atoms with Crippen LogP contribution in [0.15, 0.2) is 42.9 Å². The van der Waals surface area contributed by atoms with Crippen molar-refractivity contribution in [2.75, 3.05) is 35.8 Å². The summed E-state index contributed by atoms with van der Waals surface area (Å²) in [6.45, 7) is 2.91. The molecule has 1 aromatic carbocycles. The number of nitrogens with zero attached hydrogens (tertiary/aromatic N) is 6. The standard InChI is InChI=1S/C25H32N8O2/c1-16-18(12-21(34)17-7-9-20(10-8-17)31(2)3)6-5-11-33(16)22-14-27-23(24(26)35)25(30-22)29-19-13-28-32(4)15-19/h7-10,13-16,18H,5-6,11-12H2,1-4H3,(H2,26,35)(H,29,30)/t16-,18+/m1/s1. The van der Waals surface area contributed by atoms with Gasteiger partial charge in [-0.05, 0) is 49.9 Å². The Morgan fingerprint density at radius 1 is 1.20 bits per heavy atom. The highest BCUT2D eigenvalue weighted by molar-refractivity contribution is 5.97. The Morgan fingerprint density at radius 3 is 2.57 bits per heavy atom. The van der Waals surface area contributed by atoms with Crippen LogP contribution < -0.4 is 20.9 Å². The number of nitrogens with two attached hydrogens (primary N) is 1. The van der Waals surface area contributed by atoms with Crippen molar-refractivity contribution in [3.63, 3.8) is 0 Å². The molecule has 0 bridgehead atoms. The van der Waals surface area contributed by atoms with Crippen LogP contribution in [0.3, 0.4) is 0 Å². The first-order valence-corrected chi connectivity index (χ1v) is 11.7. The van der Waals surface area contributed by atoms with Gasteiger partial charge in [0.05, 0.1) is 18.1 Å². The van der Waals surface area contributed by atoms with E-state index in [0.29, 0.717) is 17.9 Å². The Morgan fingerprint density at radius 2 is 1.94 bits per heavy atom. The molecule has 0 spiro atoms. The lowest BCUT2D eigenvalue weighted by Crippen LogP contribution is -2.44. The van der Waals surface area contributed by atoms with Crippen LogP contribution in [0.2, 0.25) is 0 Å². The molecule has 184 valence electrons. The highest BCUT2D eigenvalue weighted by Crippen LogP contribution is 2.32. The monoisotopic (exact) mass is 476 g/mol. The number of Topliss-reactive ketones (excluding diaryl/α,β-unsaturated/α-hetero) is 1. The van der Waals surface area contributed by atoms with Crippen LogP contribution in [-0.2, 0) is 7.05 Å². The van der Waals surface area contributed by atoms with Crippen molar-refractivity contribution in [1.82, 2.24) is 19.7 Å². The Balaban J connectivity index is 1.52. The maximum Gasteiger partial charge on any atom is 0.271 e. The zero-order chi connectivity index (χ0) is 25.1. The number of ketones is 1. The average Bonchev–Trinajstić information content (AvgIpc) is 3.24. The fraction of sp³-hybridized carbons (Fsp3) is 0.400. The van der Waals surface area contributed by atoms with Crippen LogP contribution in [0.4, 0.5) is 23.0 Å². The van der Waals surface area contributed by atoms with Crippen LogP contribution in [0.25, 0.3) is 0 Å². The SMILES string of the molecule is C[C@@H]1[C@H](CC(=O)c2ccc(N(C)C)cc2)CCCN1c1cnc(C(N)=O)c(Nc2cnn(C)c2)n1. The van der Waals surface area contributed by atoms with Crippen LogP contribution >= 0.6 is 0 Å². The Labute approximate surface area is 205 Å². The summed E-state index contributed by atoms with van der Waals surface area (Å²) in [6.07, 6.45) is 7.35. The van der Waals surface area contributed by atoms with Crippen LogP contribution in [0, 0.1) is 5.92 Å². The minimum absolute atomic E-state index is 0.0650. The predicted octanol–water partition coefficient (Wildman–Crippen LogP) is 3.00. The number of anilines is 4. The van der Waals surface area contributed by atoms with Crippen molar-refractivity contribution in [1.29, 1.82) is 0 Å². The number of piperidine rings is 1. The average molecular weight is 477 g/mol. The van der Waals surface area contributed by atoms with Crippen molar-refractivity contribution in [3.05, 3.63) is 54.1 Å². The molecular weight excluding hydrogens is 444 g/mol. The second-order valence-corrected chi connectivity index (χ2v) is 9.22. The Kier molecular flexibility index (Phi) is 6.99. The lowest BCUT2D eigenvalue weighted by Gasteiger charge is -2.40. The van der Waals surface area contributed by atoms with E-state index in [1.165, 1.54) is 0 Å². The molecule has 1 fully saturated rings. The van der Waals surface area contributed by atoms with Crippen LogP contribution in [0.5, 0.6) is 0 Å². The Hall–Kier alpha value is -3.95. The second-order valence-electron chi connectivity index (χ2n) is 9.22. The molecule has 0 aliphatic carbocycles. The Bertz CT molecular complexity index is 1200. The molecule has 35 heavy (non-hydrogen) atoms. The van der Waals surface area contributed by atoms with Crippen molar-refractivity contribution in [3.8, 4) is 0 Å². The van der Waals surface area contributed by atoms with Gasteiger partial charge in [-0.3, -0.25) is 14.3 Å². The lowest BCUT2D eigenvalue weighted by molar-refractivity contribution is 0.0944. The quantitative estimate of drug-likeness (QED) is 0.476. The minimum atomic E-state index is -0.661. The number of aryl methyl sites for hydroxylation is 1. The zero-order valence-electron chi connectivity index (χ0n) is 20.6. The van der Waals surface area contributed by atoms with E-state index in [1.807, 2.05) is 43.3 Å². The van der Waals surface area contributed by atoms with Gasteiger partial charge in [-0.15, -0.1) is 0 Å². The first kappa shape index (κ1) is 24.2. The van der Waals surface area contributed by atoms with E-state index in [4.69, 9.17) is 10.7 Å². The molecule has 10 nitrogen and oxygen atoms in total. The largest absolute Gasteiger partial charge is 0.378 e. The summed E-state index contributed by atoms with van der Waals surface area (Å²) < 4.78 is 1.64. The maximum atomic E-state index is 13.0. The first-order valence-electron chi connectivity index (χ1n) is 11.7. The van der Waals surface area contributed by atoms with E-state index in [0.717, 1.165) is 30.6 Å². The number of benzene rings is 1. The third-order valence-electron chi connectivity index (χ3n) is 6.56. The zero-order valence-corrected chi connectivity index (χ0v) is 20.6. The molecule has 2 atom stereocenters. The van der Waals surface area contributed by atoms with Gasteiger partial charge < -0.3 is 20.9 Å². The highest BCUT2D eigenvalue weighted by Gasteiger charge is 2.31. The van der Waals surface area contributed by atoms with Crippen LogP contribution in [0.1, 0.15) is 47.0 Å². The van der Waals surface area contributed by atoms with Gasteiger partial charge in [-0.1, -0.05) is 0 Å². The summed E-state index contributed by atoms with van der Waals surface area (Å²) in [5, 5.41) is 7.24. The maximum absolute atomic E-state index is 13.0. The highest BCUT2D eigenvalue weighted by atomic mass is 16.1. The number of nitrogens with one attached hydrogen (secondary N) is 1. The molecule has 1 amide bonds. The third kappa shape index (κ3) is 5.42. The van der Waals surface area contributed by atoms with Gasteiger partial charge in [0.25, 0.3) is 5.91 Å². The molecule has 1 saturated heterocycles. The molecule has 0 saturated carbocycles. The number of amides is 1. The minimum Gasteiger partial charge on any atom is -0.378 e. The number of hydrogen-bond acceptors (Lipinski definition) is 8. The molecule has 1 aliphatic rings. The summed E-state index contributed by atoms with van der Waals surface area (Å²) in [4.78, 5) is 38.1. The molecule has 0 unspecified atom stereocenters. The molecule has 4 rings (SSSR count). The van der Waals surface area contributed by atoms with Crippen molar-refractivity contribution in [2.24, 2.45) is 18.7 Å². The van der Waals surface area contributed by atoms with E-state index in [-0.39, 0.29) is 29.3 Å². The van der Waals surface area contributed by atoms with E-state index < -0.39 is 5.91 Å². The third-order valence-corrected chi connectivity index (χ3v) is 6.56. The molecule has 3 aromatic rings. The molecule has 0 radical (unpaired) electrons. The number of aromatic nitrogens is 4. The summed E-state index contributed by atoms with van der Waals surface area (Å²) in [6, 6.07) is 7.81. The molecule has 2 aromatic heterocycles. The van der Waals surface area contributed by atoms with Gasteiger partial charge in [-0.25, -0.2) is 9.97 Å². The number of carbonyl (C=O) groups excluding carboxylic acids is 2. The fourth-order valence-electron chi connectivity index (χ4n) is 4.53. The molecule has 10 heteroatoms. The van der Waals surface area contributed by atoms with E-state index in [2.05, 4.69) is 27.2 Å². The summed E-state index contributed by atoms with van der Waals surface area (Å²) in [5.41, 5.74) is 8.07. The van der Waals surface area contributed by atoms with Gasteiger partial charge >= 0.3 is 0 Å². The van der Waals surface area contributed by atoms with E-state index >= 15 is 0 Å². The lowest BCUT2D eigenvalue weighted by atomic mass is 9.85. The molecule has 3 heterocycles. The molecule has 3 N–H and O–H groups in total. The topological polar surface area (TPSA) is 122 Å². The van der Waals surface area contributed by atoms with Crippen LogP contribution in [-0.4, -0.2) is 58.1 Å². The molecular formula is C25H32N8O2. The smallest absolute Gasteiger partial charge is 0.271 e. The van der Waals surface area contributed by atoms with Crippen molar-refractivity contribution < 1.29 is 9.59 Å². The van der Waals surface area contributed by atoms with Crippen molar-refractivity contribution in [2.45, 2.75) is 32.2 Å². The number of primary amides is 1. The number of carbonyl (C=O) groups is 2. The summed E-state index contributed by atoms with van der Waals surface area (Å²) in [5.74, 6) is 0.585. The fourth-order valence-corrected chi connectivity index (χ4v) is 4.53. The first-order chi connectivity index (χ1) is 16.7. The van der Waals surface area contributed by atoms with Crippen molar-refractivity contribution >= 4 is 34.7 Å². The normalized spacial score (nSPS) is 17.8. The predicted molar refractivity (Wildman–Crippen MR) is 136 cm³/mol. The number of hydrogen-bond donors (Lipinski definition) is 2. The van der Waals surface area contributed by atoms with Gasteiger partial charge in [0.1, 0.15) is 5.82 Å². The van der Waals surface area contributed by atoms with Gasteiger partial charge in [-0.2, -0.15) is 5.10 Å². The van der Waals surface area contributed by atoms with Gasteiger partial charge in [0.15, 0.2) is 17.3 Å². The molecule has 1 aliphatic heterocycles. The summed E-state index contributed by atoms with van der Waals surface area (Å²) >= 11 is 0. The number of rotatable bonds is 8. The van der Waals surface area contributed by atoms with E-state index in [9.17, 15) is 9.59 Å². The summed E-state index contributed by atoms with van der Waals surface area (Å²) in [7, 11) is 5.76. The van der Waals surface area contributed by atoms with E-state index in [1.54, 1.807) is 30.3 Å². The van der Waals surface area contributed by atoms with Gasteiger partial charge in [0, 0.05) is 57.6 Å². The van der Waals surface area contributed by atoms with Gasteiger partial charge in [0.2, 0.25) is 0 Å².